The summed E-state index contributed by atoms with van der Waals surface area (Å²) in [4.78, 5) is 0. The van der Waals surface area contributed by atoms with Crippen molar-refractivity contribution in [3.63, 3.8) is 0 Å². The first-order chi connectivity index (χ1) is 9.16. The zero-order valence-corrected chi connectivity index (χ0v) is 14.4. The third-order valence-corrected chi connectivity index (χ3v) is 6.32. The Kier molecular flexibility index (Phi) is 2.66. The van der Waals surface area contributed by atoms with Crippen molar-refractivity contribution in [2.45, 2.75) is 0 Å². The van der Waals surface area contributed by atoms with Gasteiger partial charge in [-0.1, -0.05) is 46.3 Å². The molecule has 0 aliphatic heterocycles. The second-order valence-corrected chi connectivity index (χ2v) is 7.14. The molecule has 4 aromatic carbocycles. The van der Waals surface area contributed by atoms with Crippen LogP contribution >= 0.6 is 47.8 Å². The molecule has 0 aromatic heterocycles. The third kappa shape index (κ3) is 1.61. The van der Waals surface area contributed by atoms with Crippen molar-refractivity contribution in [3.05, 3.63) is 55.9 Å². The second kappa shape index (κ2) is 4.18. The van der Waals surface area contributed by atoms with E-state index < -0.39 is 0 Å². The van der Waals surface area contributed by atoms with Crippen LogP contribution in [-0.2, 0) is 0 Å². The van der Waals surface area contributed by atoms with Gasteiger partial charge in [0, 0.05) is 13.4 Å². The van der Waals surface area contributed by atoms with E-state index in [1.165, 1.54) is 32.3 Å². The van der Waals surface area contributed by atoms with Gasteiger partial charge < -0.3 is 0 Å². The molecule has 0 N–H and O–H groups in total. The minimum absolute atomic E-state index is 1.09. The second-order valence-electron chi connectivity index (χ2n) is 4.64. The first kappa shape index (κ1) is 12.1. The Hall–Kier alpha value is -0.640. The molecule has 0 atom stereocenters. The molecule has 0 spiro atoms. The summed E-state index contributed by atoms with van der Waals surface area (Å²) in [5, 5.41) is 7.72. The lowest BCUT2D eigenvalue weighted by atomic mass is 9.94. The van der Waals surface area contributed by atoms with Gasteiger partial charge in [-0.3, -0.25) is 0 Å². The van der Waals surface area contributed by atoms with Gasteiger partial charge in [0.1, 0.15) is 0 Å². The zero-order valence-electron chi connectivity index (χ0n) is 9.68. The maximum atomic E-state index is 3.69. The molecular formula is C16H7Br3. The van der Waals surface area contributed by atoms with Crippen molar-refractivity contribution in [1.82, 2.24) is 0 Å². The standard InChI is InChI=1S/C16H7Br3/c17-12-6-3-8-1-5-11-15-9(7-13(18)16(11)19)2-4-10(12)14(8)15/h1-7H. The molecule has 0 fully saturated rings. The van der Waals surface area contributed by atoms with Crippen LogP contribution in [0.3, 0.4) is 0 Å². The Balaban J connectivity index is 2.44. The van der Waals surface area contributed by atoms with Gasteiger partial charge in [-0.25, -0.2) is 0 Å². The fraction of sp³-hybridized carbons (Fsp3) is 0. The SMILES string of the molecule is Brc1cc2ccc3c(Br)ccc4ccc(c1Br)c2c43. The van der Waals surface area contributed by atoms with Gasteiger partial charge in [0.15, 0.2) is 0 Å². The predicted octanol–water partition coefficient (Wildman–Crippen LogP) is 6.87. The Bertz CT molecular complexity index is 941. The van der Waals surface area contributed by atoms with Crippen LogP contribution in [0.1, 0.15) is 0 Å². The first-order valence-corrected chi connectivity index (χ1v) is 8.26. The Labute approximate surface area is 135 Å². The van der Waals surface area contributed by atoms with Crippen molar-refractivity contribution < 1.29 is 0 Å². The first-order valence-electron chi connectivity index (χ1n) is 5.88. The van der Waals surface area contributed by atoms with Gasteiger partial charge in [0.25, 0.3) is 0 Å². The highest BCUT2D eigenvalue weighted by molar-refractivity contribution is 9.13. The lowest BCUT2D eigenvalue weighted by molar-refractivity contribution is 1.68. The van der Waals surface area contributed by atoms with Gasteiger partial charge in [0.2, 0.25) is 0 Å². The van der Waals surface area contributed by atoms with Crippen LogP contribution in [0.25, 0.3) is 32.3 Å². The fourth-order valence-electron chi connectivity index (χ4n) is 2.77. The fourth-order valence-corrected chi connectivity index (χ4v) is 4.14. The molecule has 0 amide bonds. The maximum Gasteiger partial charge on any atom is 0.0396 e. The van der Waals surface area contributed by atoms with Crippen LogP contribution < -0.4 is 0 Å². The lowest BCUT2D eigenvalue weighted by Gasteiger charge is -2.13. The Morgan fingerprint density at radius 1 is 0.579 bits per heavy atom. The quantitative estimate of drug-likeness (QED) is 0.263. The number of halogens is 3. The highest BCUT2D eigenvalue weighted by Crippen LogP contribution is 2.42. The monoisotopic (exact) mass is 436 g/mol. The molecule has 0 nitrogen and oxygen atoms in total. The van der Waals surface area contributed by atoms with E-state index in [2.05, 4.69) is 90.3 Å². The van der Waals surface area contributed by atoms with Crippen LogP contribution in [0.2, 0.25) is 0 Å². The van der Waals surface area contributed by atoms with Crippen LogP contribution in [0.4, 0.5) is 0 Å². The molecule has 0 saturated heterocycles. The van der Waals surface area contributed by atoms with Gasteiger partial charge in [0.05, 0.1) is 0 Å². The zero-order chi connectivity index (χ0) is 13.1. The molecule has 4 rings (SSSR count). The van der Waals surface area contributed by atoms with Crippen LogP contribution in [0, 0.1) is 0 Å². The highest BCUT2D eigenvalue weighted by atomic mass is 79.9. The van der Waals surface area contributed by atoms with Crippen LogP contribution in [0.5, 0.6) is 0 Å². The van der Waals surface area contributed by atoms with Gasteiger partial charge in [-0.2, -0.15) is 0 Å². The predicted molar refractivity (Wildman–Crippen MR) is 93.2 cm³/mol. The van der Waals surface area contributed by atoms with Crippen LogP contribution in [-0.4, -0.2) is 0 Å². The lowest BCUT2D eigenvalue weighted by Crippen LogP contribution is -1.86. The minimum atomic E-state index is 1.09. The number of rotatable bonds is 0. The van der Waals surface area contributed by atoms with E-state index in [9.17, 15) is 0 Å². The summed E-state index contributed by atoms with van der Waals surface area (Å²) in [6.07, 6.45) is 0. The molecule has 0 saturated carbocycles. The van der Waals surface area contributed by atoms with Crippen molar-refractivity contribution >= 4 is 80.1 Å². The van der Waals surface area contributed by atoms with Crippen molar-refractivity contribution in [1.29, 1.82) is 0 Å². The number of benzene rings is 4. The van der Waals surface area contributed by atoms with E-state index in [-0.39, 0.29) is 0 Å². The molecule has 19 heavy (non-hydrogen) atoms. The molecular weight excluding hydrogens is 432 g/mol. The average molecular weight is 439 g/mol. The van der Waals surface area contributed by atoms with E-state index in [4.69, 9.17) is 0 Å². The molecule has 0 bridgehead atoms. The number of hydrogen-bond donors (Lipinski definition) is 0. The summed E-state index contributed by atoms with van der Waals surface area (Å²) in [5.74, 6) is 0. The summed E-state index contributed by atoms with van der Waals surface area (Å²) in [5.41, 5.74) is 0. The van der Waals surface area contributed by atoms with Crippen molar-refractivity contribution in [2.24, 2.45) is 0 Å². The summed E-state index contributed by atoms with van der Waals surface area (Å²) in [6, 6.07) is 15.2. The molecule has 0 aliphatic rings. The normalized spacial score (nSPS) is 11.9. The Morgan fingerprint density at radius 3 is 2.05 bits per heavy atom. The molecule has 0 heterocycles. The van der Waals surface area contributed by atoms with E-state index in [1.54, 1.807) is 0 Å². The van der Waals surface area contributed by atoms with Gasteiger partial charge in [-0.05, 0) is 76.3 Å². The van der Waals surface area contributed by atoms with Crippen molar-refractivity contribution in [3.8, 4) is 0 Å². The molecule has 0 unspecified atom stereocenters. The molecule has 0 aliphatic carbocycles. The summed E-state index contributed by atoms with van der Waals surface area (Å²) >= 11 is 11.0. The molecule has 0 radical (unpaired) electrons. The van der Waals surface area contributed by atoms with Crippen LogP contribution in [0.15, 0.2) is 55.9 Å². The van der Waals surface area contributed by atoms with Gasteiger partial charge in [-0.15, -0.1) is 0 Å². The summed E-state index contributed by atoms with van der Waals surface area (Å²) in [7, 11) is 0. The molecule has 3 heteroatoms. The minimum Gasteiger partial charge on any atom is -0.0537 e. The molecule has 4 aromatic rings. The largest absolute Gasteiger partial charge is 0.0537 e. The topological polar surface area (TPSA) is 0 Å². The smallest absolute Gasteiger partial charge is 0.0396 e. The molecule has 92 valence electrons. The van der Waals surface area contributed by atoms with E-state index >= 15 is 0 Å². The Morgan fingerprint density at radius 2 is 1.21 bits per heavy atom. The number of hydrogen-bond acceptors (Lipinski definition) is 0. The third-order valence-electron chi connectivity index (χ3n) is 3.62. The summed E-state index contributed by atoms with van der Waals surface area (Å²) < 4.78 is 3.36. The van der Waals surface area contributed by atoms with Gasteiger partial charge >= 0.3 is 0 Å². The van der Waals surface area contributed by atoms with E-state index in [1.807, 2.05) is 0 Å². The summed E-state index contributed by atoms with van der Waals surface area (Å²) in [6.45, 7) is 0. The average Bonchev–Trinajstić information content (AvgIpc) is 2.42. The van der Waals surface area contributed by atoms with E-state index in [0.717, 1.165) is 13.4 Å². The maximum absolute atomic E-state index is 3.69. The highest BCUT2D eigenvalue weighted by Gasteiger charge is 2.13. The van der Waals surface area contributed by atoms with Crippen molar-refractivity contribution in [2.75, 3.05) is 0 Å². The van der Waals surface area contributed by atoms with E-state index in [0.29, 0.717) is 0 Å².